The van der Waals surface area contributed by atoms with Crippen molar-refractivity contribution in [2.24, 2.45) is 5.73 Å². The zero-order valence-electron chi connectivity index (χ0n) is 20.7. The van der Waals surface area contributed by atoms with Gasteiger partial charge in [-0.05, 0) is 71.3 Å². The Kier molecular flexibility index (Phi) is 6.11. The van der Waals surface area contributed by atoms with Crippen LogP contribution in [0.5, 0.6) is 0 Å². The molecule has 1 atom stereocenters. The minimum atomic E-state index is -4.97. The highest BCUT2D eigenvalue weighted by Gasteiger charge is 2.38. The number of nitrogens with one attached hydrogen (secondary N) is 2. The van der Waals surface area contributed by atoms with Gasteiger partial charge in [-0.2, -0.15) is 13.2 Å². The molecule has 4 N–H and O–H groups in total. The van der Waals surface area contributed by atoms with Crippen molar-refractivity contribution in [1.82, 2.24) is 10.3 Å². The van der Waals surface area contributed by atoms with Crippen LogP contribution in [-0.2, 0) is 6.18 Å². The minimum Gasteiger partial charge on any atom is -0.366 e. The maximum Gasteiger partial charge on any atom is 0.416 e. The molecule has 0 spiro atoms. The first-order chi connectivity index (χ1) is 19.4. The number of aromatic nitrogens is 1. The number of nitrogens with two attached hydrogens (primary N) is 1. The first kappa shape index (κ1) is 26.5. The Balaban J connectivity index is 1.69. The maximum atomic E-state index is 15.7. The predicted octanol–water partition coefficient (Wildman–Crippen LogP) is 7.38. The molecule has 206 valence electrons. The molecule has 0 saturated heterocycles. The molecule has 1 aliphatic heterocycles. The number of carbonyl (C=O) groups excluding carboxylic acids is 2. The van der Waals surface area contributed by atoms with E-state index in [0.717, 1.165) is 23.0 Å². The molecule has 2 amide bonds. The lowest BCUT2D eigenvalue weighted by Gasteiger charge is -2.21. The molecular formula is C30H17ClF5N3O2. The molecule has 2 heterocycles. The Hall–Kier alpha value is -4.70. The van der Waals surface area contributed by atoms with Gasteiger partial charge in [-0.25, -0.2) is 8.78 Å². The molecule has 1 unspecified atom stereocenters. The predicted molar refractivity (Wildman–Crippen MR) is 143 cm³/mol. The number of carbonyl (C=O) groups is 2. The number of hydrogen-bond donors (Lipinski definition) is 3. The third-order valence-electron chi connectivity index (χ3n) is 7.05. The van der Waals surface area contributed by atoms with Gasteiger partial charge in [0.15, 0.2) is 0 Å². The van der Waals surface area contributed by atoms with Crippen LogP contribution in [0.25, 0.3) is 33.3 Å². The van der Waals surface area contributed by atoms with Crippen LogP contribution < -0.4 is 11.1 Å². The number of fused-ring (bicyclic) bond motifs is 2. The fraction of sp³-hybridized carbons (Fsp3) is 0.0667. The third kappa shape index (κ3) is 4.50. The summed E-state index contributed by atoms with van der Waals surface area (Å²) in [5.41, 5.74) is 4.63. The SMILES string of the molecule is NC(=O)c1cc(C(F)(F)F)cc(F)c1-c1cc(-c2cc3ccccc3[nH]2)cc2c1C(c1cc(F)ccc1Cl)NC2=O. The van der Waals surface area contributed by atoms with Gasteiger partial charge < -0.3 is 16.0 Å². The Morgan fingerprint density at radius 2 is 1.66 bits per heavy atom. The molecule has 0 saturated carbocycles. The van der Waals surface area contributed by atoms with Gasteiger partial charge in [-0.1, -0.05) is 29.8 Å². The molecule has 4 aromatic carbocycles. The summed E-state index contributed by atoms with van der Waals surface area (Å²) in [5.74, 6) is -3.97. The number of benzene rings is 4. The summed E-state index contributed by atoms with van der Waals surface area (Å²) in [6, 6.07) is 15.2. The zero-order chi connectivity index (χ0) is 29.2. The van der Waals surface area contributed by atoms with Crippen molar-refractivity contribution in [3.8, 4) is 22.4 Å². The van der Waals surface area contributed by atoms with E-state index in [-0.39, 0.29) is 33.3 Å². The van der Waals surface area contributed by atoms with Gasteiger partial charge in [-0.15, -0.1) is 0 Å². The van der Waals surface area contributed by atoms with Crippen LogP contribution in [0.15, 0.2) is 72.8 Å². The fourth-order valence-electron chi connectivity index (χ4n) is 5.23. The number of rotatable bonds is 4. The van der Waals surface area contributed by atoms with Crippen molar-refractivity contribution in [2.45, 2.75) is 12.2 Å². The highest BCUT2D eigenvalue weighted by Crippen LogP contribution is 2.45. The number of hydrogen-bond acceptors (Lipinski definition) is 2. The monoisotopic (exact) mass is 581 g/mol. The fourth-order valence-corrected chi connectivity index (χ4v) is 5.46. The van der Waals surface area contributed by atoms with Crippen molar-refractivity contribution in [3.63, 3.8) is 0 Å². The highest BCUT2D eigenvalue weighted by atomic mass is 35.5. The Labute approximate surface area is 233 Å². The number of aromatic amines is 1. The molecule has 1 aromatic heterocycles. The molecule has 1 aliphatic rings. The molecule has 5 nitrogen and oxygen atoms in total. The average molecular weight is 582 g/mol. The maximum absolute atomic E-state index is 15.7. The largest absolute Gasteiger partial charge is 0.416 e. The van der Waals surface area contributed by atoms with Crippen LogP contribution in [0.1, 0.15) is 43.4 Å². The lowest BCUT2D eigenvalue weighted by Crippen LogP contribution is -2.20. The average Bonchev–Trinajstić information content (AvgIpc) is 3.50. The molecular weight excluding hydrogens is 565 g/mol. The number of halogens is 6. The summed E-state index contributed by atoms with van der Waals surface area (Å²) in [7, 11) is 0. The summed E-state index contributed by atoms with van der Waals surface area (Å²) in [6.07, 6.45) is -4.97. The van der Waals surface area contributed by atoms with Crippen molar-refractivity contribution in [3.05, 3.63) is 117 Å². The first-order valence-electron chi connectivity index (χ1n) is 12.1. The third-order valence-corrected chi connectivity index (χ3v) is 7.40. The second kappa shape index (κ2) is 9.45. The molecule has 0 radical (unpaired) electrons. The van der Waals surface area contributed by atoms with Crippen LogP contribution in [0.3, 0.4) is 0 Å². The summed E-state index contributed by atoms with van der Waals surface area (Å²) in [5, 5.41) is 3.62. The van der Waals surface area contributed by atoms with Gasteiger partial charge in [0.1, 0.15) is 11.6 Å². The molecule has 0 fully saturated rings. The van der Waals surface area contributed by atoms with Crippen LogP contribution >= 0.6 is 11.6 Å². The van der Waals surface area contributed by atoms with E-state index in [1.165, 1.54) is 18.2 Å². The van der Waals surface area contributed by atoms with E-state index in [0.29, 0.717) is 17.3 Å². The summed E-state index contributed by atoms with van der Waals surface area (Å²) in [6.45, 7) is 0. The second-order valence-electron chi connectivity index (χ2n) is 9.57. The normalized spacial score (nSPS) is 14.8. The van der Waals surface area contributed by atoms with Crippen molar-refractivity contribution in [2.75, 3.05) is 0 Å². The number of alkyl halides is 3. The van der Waals surface area contributed by atoms with Crippen molar-refractivity contribution in [1.29, 1.82) is 0 Å². The molecule has 5 aromatic rings. The Bertz CT molecular complexity index is 1880. The molecule has 0 aliphatic carbocycles. The van der Waals surface area contributed by atoms with Crippen molar-refractivity contribution < 1.29 is 31.5 Å². The zero-order valence-corrected chi connectivity index (χ0v) is 21.4. The summed E-state index contributed by atoms with van der Waals surface area (Å²) in [4.78, 5) is 28.9. The summed E-state index contributed by atoms with van der Waals surface area (Å²) < 4.78 is 70.6. The number of primary amides is 1. The van der Waals surface area contributed by atoms with Crippen LogP contribution in [-0.4, -0.2) is 16.8 Å². The van der Waals surface area contributed by atoms with E-state index in [1.807, 2.05) is 24.3 Å². The van der Waals surface area contributed by atoms with Gasteiger partial charge in [0.05, 0.1) is 17.2 Å². The van der Waals surface area contributed by atoms with E-state index in [4.69, 9.17) is 17.3 Å². The lowest BCUT2D eigenvalue weighted by molar-refractivity contribution is -0.137. The summed E-state index contributed by atoms with van der Waals surface area (Å²) >= 11 is 6.35. The first-order valence-corrected chi connectivity index (χ1v) is 12.5. The van der Waals surface area contributed by atoms with Gasteiger partial charge in [0, 0.05) is 38.3 Å². The van der Waals surface area contributed by atoms with Gasteiger partial charge >= 0.3 is 6.18 Å². The van der Waals surface area contributed by atoms with E-state index >= 15 is 4.39 Å². The van der Waals surface area contributed by atoms with E-state index in [9.17, 15) is 27.2 Å². The number of para-hydroxylation sites is 1. The van der Waals surface area contributed by atoms with E-state index in [1.54, 1.807) is 6.07 Å². The Morgan fingerprint density at radius 3 is 2.37 bits per heavy atom. The van der Waals surface area contributed by atoms with E-state index < -0.39 is 52.4 Å². The van der Waals surface area contributed by atoms with E-state index in [2.05, 4.69) is 10.3 Å². The smallest absolute Gasteiger partial charge is 0.366 e. The molecule has 6 rings (SSSR count). The lowest BCUT2D eigenvalue weighted by atomic mass is 9.85. The van der Waals surface area contributed by atoms with Crippen LogP contribution in [0.2, 0.25) is 5.02 Å². The van der Waals surface area contributed by atoms with Gasteiger partial charge in [0.25, 0.3) is 5.91 Å². The molecule has 0 bridgehead atoms. The quantitative estimate of drug-likeness (QED) is 0.193. The van der Waals surface area contributed by atoms with Gasteiger partial charge in [-0.3, -0.25) is 9.59 Å². The van der Waals surface area contributed by atoms with Crippen molar-refractivity contribution >= 4 is 34.3 Å². The van der Waals surface area contributed by atoms with Gasteiger partial charge in [0.2, 0.25) is 5.91 Å². The minimum absolute atomic E-state index is 0.0382. The number of amides is 2. The highest BCUT2D eigenvalue weighted by molar-refractivity contribution is 6.31. The Morgan fingerprint density at radius 1 is 0.927 bits per heavy atom. The van der Waals surface area contributed by atoms with Crippen LogP contribution in [0, 0.1) is 11.6 Å². The molecule has 41 heavy (non-hydrogen) atoms. The molecule has 11 heteroatoms. The second-order valence-corrected chi connectivity index (χ2v) is 9.98. The topological polar surface area (TPSA) is 88.0 Å². The standard InChI is InChI=1S/C30H17ClF5N3O2/c31-21-6-5-16(32)12-17(21)27-26-18(25-19(28(37)40)10-15(11-22(25)33)30(34,35)36)7-14(8-20(26)29(41)39-27)24-9-13-3-1-2-4-23(13)38-24/h1-12,27,38H,(H2,37,40)(H,39,41). The van der Waals surface area contributed by atoms with Crippen LogP contribution in [0.4, 0.5) is 22.0 Å². The number of H-pyrrole nitrogens is 1.